The van der Waals surface area contributed by atoms with E-state index < -0.39 is 0 Å². The largest absolute Gasteiger partial charge is 0.457 e. The van der Waals surface area contributed by atoms with E-state index >= 15 is 0 Å². The first-order chi connectivity index (χ1) is 13.4. The van der Waals surface area contributed by atoms with Gasteiger partial charge in [0.05, 0.1) is 5.69 Å². The predicted molar refractivity (Wildman–Crippen MR) is 106 cm³/mol. The molecule has 0 unspecified atom stereocenters. The zero-order valence-corrected chi connectivity index (χ0v) is 16.3. The highest BCUT2D eigenvalue weighted by atomic mass is 19.1. The zero-order chi connectivity index (χ0) is 20.1. The lowest BCUT2D eigenvalue weighted by atomic mass is 10.1. The minimum Gasteiger partial charge on any atom is -0.457 e. The normalized spacial score (nSPS) is 10.7. The number of hydrogen-bond acceptors (Lipinski definition) is 3. The summed E-state index contributed by atoms with van der Waals surface area (Å²) in [7, 11) is 1.91. The highest BCUT2D eigenvalue weighted by Crippen LogP contribution is 2.22. The van der Waals surface area contributed by atoms with E-state index in [1.165, 1.54) is 12.1 Å². The molecular formula is C22H24FN3O2. The van der Waals surface area contributed by atoms with E-state index in [1.54, 1.807) is 12.1 Å². The molecule has 0 fully saturated rings. The van der Waals surface area contributed by atoms with Crippen molar-refractivity contribution in [2.24, 2.45) is 7.05 Å². The number of halogens is 1. The number of rotatable bonds is 7. The second-order valence-corrected chi connectivity index (χ2v) is 6.75. The molecule has 1 N–H and O–H groups in total. The first kappa shape index (κ1) is 19.6. The molecule has 0 bridgehead atoms. The van der Waals surface area contributed by atoms with Crippen LogP contribution in [0.1, 0.15) is 28.9 Å². The van der Waals surface area contributed by atoms with E-state index in [1.807, 2.05) is 49.8 Å². The second kappa shape index (κ2) is 8.69. The number of aromatic nitrogens is 2. The highest BCUT2D eigenvalue weighted by molar-refractivity contribution is 5.76. The van der Waals surface area contributed by atoms with Crippen molar-refractivity contribution in [1.29, 1.82) is 0 Å². The van der Waals surface area contributed by atoms with Gasteiger partial charge in [-0.15, -0.1) is 0 Å². The van der Waals surface area contributed by atoms with Gasteiger partial charge >= 0.3 is 0 Å². The lowest BCUT2D eigenvalue weighted by molar-refractivity contribution is -0.121. The third-order valence-electron chi connectivity index (χ3n) is 4.72. The summed E-state index contributed by atoms with van der Waals surface area (Å²) in [5.41, 5.74) is 4.19. The molecule has 3 rings (SSSR count). The molecule has 0 saturated carbocycles. The Morgan fingerprint density at radius 3 is 2.25 bits per heavy atom. The number of carbonyl (C=O) groups is 1. The molecule has 2 aromatic carbocycles. The van der Waals surface area contributed by atoms with Gasteiger partial charge in [-0.3, -0.25) is 9.48 Å². The van der Waals surface area contributed by atoms with Crippen LogP contribution >= 0.6 is 0 Å². The van der Waals surface area contributed by atoms with Gasteiger partial charge in [0, 0.05) is 25.7 Å². The second-order valence-electron chi connectivity index (χ2n) is 6.75. The predicted octanol–water partition coefficient (Wildman–Crippen LogP) is 4.22. The van der Waals surface area contributed by atoms with Crippen molar-refractivity contribution in [2.45, 2.75) is 33.2 Å². The van der Waals surface area contributed by atoms with Crippen LogP contribution < -0.4 is 10.1 Å². The standard InChI is InChI=1S/C22H24FN3O2/c1-15-21(16(2)26(3)25-15)12-13-22(27)24-14-17-4-8-19(9-5-17)28-20-10-6-18(23)7-11-20/h4-11H,12-14H2,1-3H3,(H,24,27). The maximum atomic E-state index is 12.9. The van der Waals surface area contributed by atoms with Gasteiger partial charge < -0.3 is 10.1 Å². The molecule has 3 aromatic rings. The third kappa shape index (κ3) is 4.97. The fraction of sp³-hybridized carbons (Fsp3) is 0.273. The van der Waals surface area contributed by atoms with Crippen molar-refractivity contribution in [1.82, 2.24) is 15.1 Å². The molecule has 5 nitrogen and oxygen atoms in total. The molecule has 1 aromatic heterocycles. The van der Waals surface area contributed by atoms with E-state index in [0.717, 1.165) is 22.5 Å². The number of aryl methyl sites for hydroxylation is 2. The molecule has 1 amide bonds. The summed E-state index contributed by atoms with van der Waals surface area (Å²) in [5, 5.41) is 7.32. The fourth-order valence-corrected chi connectivity index (χ4v) is 3.02. The van der Waals surface area contributed by atoms with Crippen LogP contribution in [0.4, 0.5) is 4.39 Å². The van der Waals surface area contributed by atoms with Gasteiger partial charge in [0.15, 0.2) is 0 Å². The molecule has 6 heteroatoms. The van der Waals surface area contributed by atoms with Crippen LogP contribution in [-0.2, 0) is 24.8 Å². The van der Waals surface area contributed by atoms with Crippen LogP contribution in [0, 0.1) is 19.7 Å². The summed E-state index contributed by atoms with van der Waals surface area (Å²) in [6.45, 7) is 4.44. The van der Waals surface area contributed by atoms with Crippen molar-refractivity contribution in [3.05, 3.63) is 76.9 Å². The van der Waals surface area contributed by atoms with Crippen LogP contribution in [0.2, 0.25) is 0 Å². The van der Waals surface area contributed by atoms with Crippen molar-refractivity contribution in [3.8, 4) is 11.5 Å². The molecule has 1 heterocycles. The minimum atomic E-state index is -0.299. The molecule has 0 radical (unpaired) electrons. The van der Waals surface area contributed by atoms with E-state index in [0.29, 0.717) is 30.9 Å². The summed E-state index contributed by atoms with van der Waals surface area (Å²) >= 11 is 0. The van der Waals surface area contributed by atoms with Gasteiger partial charge in [-0.2, -0.15) is 5.10 Å². The summed E-state index contributed by atoms with van der Waals surface area (Å²) < 4.78 is 20.4. The summed E-state index contributed by atoms with van der Waals surface area (Å²) in [4.78, 5) is 12.2. The minimum absolute atomic E-state index is 0.00860. The topological polar surface area (TPSA) is 56.2 Å². The summed E-state index contributed by atoms with van der Waals surface area (Å²) in [6, 6.07) is 13.3. The molecule has 146 valence electrons. The first-order valence-electron chi connectivity index (χ1n) is 9.20. The van der Waals surface area contributed by atoms with Crippen LogP contribution in [0.5, 0.6) is 11.5 Å². The number of carbonyl (C=O) groups excluding carboxylic acids is 1. The molecule has 0 aliphatic rings. The number of ether oxygens (including phenoxy) is 1. The summed E-state index contributed by atoms with van der Waals surface area (Å²) in [5.74, 6) is 0.939. The average Bonchev–Trinajstić information content (AvgIpc) is 2.93. The van der Waals surface area contributed by atoms with Gasteiger partial charge in [-0.1, -0.05) is 12.1 Å². The summed E-state index contributed by atoms with van der Waals surface area (Å²) in [6.07, 6.45) is 1.11. The molecule has 0 spiro atoms. The maximum Gasteiger partial charge on any atom is 0.220 e. The van der Waals surface area contributed by atoms with Crippen molar-refractivity contribution >= 4 is 5.91 Å². The van der Waals surface area contributed by atoms with Gasteiger partial charge in [0.25, 0.3) is 0 Å². The molecule has 0 aliphatic carbocycles. The molecule has 0 aliphatic heterocycles. The molecule has 0 saturated heterocycles. The van der Waals surface area contributed by atoms with E-state index in [4.69, 9.17) is 4.74 Å². The zero-order valence-electron chi connectivity index (χ0n) is 16.3. The van der Waals surface area contributed by atoms with Crippen LogP contribution in [0.3, 0.4) is 0 Å². The fourth-order valence-electron chi connectivity index (χ4n) is 3.02. The monoisotopic (exact) mass is 381 g/mol. The SMILES string of the molecule is Cc1nn(C)c(C)c1CCC(=O)NCc1ccc(Oc2ccc(F)cc2)cc1. The Kier molecular flexibility index (Phi) is 6.09. The molecule has 0 atom stereocenters. The van der Waals surface area contributed by atoms with Gasteiger partial charge in [-0.05, 0) is 67.8 Å². The molecular weight excluding hydrogens is 357 g/mol. The highest BCUT2D eigenvalue weighted by Gasteiger charge is 2.11. The smallest absolute Gasteiger partial charge is 0.220 e. The Morgan fingerprint density at radius 1 is 1.07 bits per heavy atom. The molecule has 28 heavy (non-hydrogen) atoms. The van der Waals surface area contributed by atoms with Crippen LogP contribution in [-0.4, -0.2) is 15.7 Å². The lowest BCUT2D eigenvalue weighted by Gasteiger charge is -2.08. The van der Waals surface area contributed by atoms with Crippen molar-refractivity contribution in [3.63, 3.8) is 0 Å². The van der Waals surface area contributed by atoms with E-state index in [-0.39, 0.29) is 11.7 Å². The van der Waals surface area contributed by atoms with Crippen molar-refractivity contribution < 1.29 is 13.9 Å². The quantitative estimate of drug-likeness (QED) is 0.667. The van der Waals surface area contributed by atoms with Gasteiger partial charge in [0.2, 0.25) is 5.91 Å². The Balaban J connectivity index is 1.47. The first-order valence-corrected chi connectivity index (χ1v) is 9.20. The van der Waals surface area contributed by atoms with Gasteiger partial charge in [0.1, 0.15) is 17.3 Å². The number of benzene rings is 2. The van der Waals surface area contributed by atoms with E-state index in [9.17, 15) is 9.18 Å². The Bertz CT molecular complexity index is 947. The average molecular weight is 381 g/mol. The number of nitrogens with one attached hydrogen (secondary N) is 1. The lowest BCUT2D eigenvalue weighted by Crippen LogP contribution is -2.23. The van der Waals surface area contributed by atoms with Gasteiger partial charge in [-0.25, -0.2) is 4.39 Å². The Labute approximate surface area is 164 Å². The Morgan fingerprint density at radius 2 is 1.68 bits per heavy atom. The Hall–Kier alpha value is -3.15. The maximum absolute atomic E-state index is 12.9. The van der Waals surface area contributed by atoms with Crippen LogP contribution in [0.15, 0.2) is 48.5 Å². The number of hydrogen-bond donors (Lipinski definition) is 1. The van der Waals surface area contributed by atoms with Crippen LogP contribution in [0.25, 0.3) is 0 Å². The number of nitrogens with zero attached hydrogens (tertiary/aromatic N) is 2. The van der Waals surface area contributed by atoms with E-state index in [2.05, 4.69) is 10.4 Å². The number of amides is 1. The third-order valence-corrected chi connectivity index (χ3v) is 4.72. The van der Waals surface area contributed by atoms with Crippen molar-refractivity contribution in [2.75, 3.05) is 0 Å².